The molecule has 0 spiro atoms. The van der Waals surface area contributed by atoms with Crippen LogP contribution in [0.5, 0.6) is 5.75 Å². The lowest BCUT2D eigenvalue weighted by Gasteiger charge is -2.12. The van der Waals surface area contributed by atoms with Gasteiger partial charge < -0.3 is 15.7 Å². The number of aromatic hydroxyl groups is 1. The number of hydrogen-bond acceptors (Lipinski definition) is 7. The molecule has 8 nitrogen and oxygen atoms in total. The zero-order valence-electron chi connectivity index (χ0n) is 13.1. The van der Waals surface area contributed by atoms with Crippen molar-refractivity contribution in [3.63, 3.8) is 0 Å². The van der Waals surface area contributed by atoms with Crippen LogP contribution in [0, 0.1) is 0 Å². The van der Waals surface area contributed by atoms with E-state index in [0.717, 1.165) is 0 Å². The van der Waals surface area contributed by atoms with Crippen LogP contribution >= 0.6 is 15.9 Å². The van der Waals surface area contributed by atoms with Gasteiger partial charge >= 0.3 is 0 Å². The fourth-order valence-electron chi connectivity index (χ4n) is 2.43. The van der Waals surface area contributed by atoms with Gasteiger partial charge in [-0.05, 0) is 52.3 Å². The fraction of sp³-hybridized carbons (Fsp3) is 0. The van der Waals surface area contributed by atoms with Crippen molar-refractivity contribution >= 4 is 54.8 Å². The van der Waals surface area contributed by atoms with Crippen molar-refractivity contribution in [2.45, 2.75) is 4.90 Å². The lowest BCUT2D eigenvalue weighted by Crippen LogP contribution is -2.13. The summed E-state index contributed by atoms with van der Waals surface area (Å²) in [5, 5.41) is 16.0. The average Bonchev–Trinajstić information content (AvgIpc) is 2.60. The summed E-state index contributed by atoms with van der Waals surface area (Å²) in [6.07, 6.45) is 1.55. The number of halogens is 1. The third-order valence-electron chi connectivity index (χ3n) is 3.65. The van der Waals surface area contributed by atoms with Crippen LogP contribution in [-0.2, 0) is 10.0 Å². The van der Waals surface area contributed by atoms with E-state index in [1.54, 1.807) is 18.3 Å². The predicted molar refractivity (Wildman–Crippen MR) is 102 cm³/mol. The van der Waals surface area contributed by atoms with Gasteiger partial charge in [-0.25, -0.2) is 13.4 Å². The zero-order valence-corrected chi connectivity index (χ0v) is 15.5. The second kappa shape index (κ2) is 6.15. The number of rotatable bonds is 0. The summed E-state index contributed by atoms with van der Waals surface area (Å²) < 4.78 is 28.4. The van der Waals surface area contributed by atoms with Crippen molar-refractivity contribution in [1.82, 2.24) is 9.97 Å². The maximum Gasteiger partial charge on any atom is 0.261 e. The summed E-state index contributed by atoms with van der Waals surface area (Å²) in [7, 11) is -3.80. The molecule has 0 aliphatic carbocycles. The van der Waals surface area contributed by atoms with Gasteiger partial charge in [-0.3, -0.25) is 4.72 Å². The minimum atomic E-state index is -3.80. The first-order chi connectivity index (χ1) is 12.4. The number of aromatic nitrogens is 2. The van der Waals surface area contributed by atoms with E-state index in [-0.39, 0.29) is 16.6 Å². The van der Waals surface area contributed by atoms with Crippen LogP contribution in [0.3, 0.4) is 0 Å². The highest BCUT2D eigenvalue weighted by molar-refractivity contribution is 9.10. The largest absolute Gasteiger partial charge is 0.506 e. The Morgan fingerprint density at radius 2 is 1.88 bits per heavy atom. The van der Waals surface area contributed by atoms with E-state index in [2.05, 4.69) is 41.3 Å². The number of phenolic OH excluding ortho intramolecular Hbond substituents is 1. The smallest absolute Gasteiger partial charge is 0.261 e. The molecule has 4 N–H and O–H groups in total. The Bertz CT molecular complexity index is 1120. The second-order valence-electron chi connectivity index (χ2n) is 5.51. The molecular weight excluding hydrogens is 422 g/mol. The molecule has 0 radical (unpaired) electrons. The maximum absolute atomic E-state index is 12.6. The Morgan fingerprint density at radius 1 is 1.04 bits per heavy atom. The Morgan fingerprint density at radius 3 is 2.73 bits per heavy atom. The maximum atomic E-state index is 12.6. The fourth-order valence-corrected chi connectivity index (χ4v) is 3.81. The van der Waals surface area contributed by atoms with Crippen LogP contribution in [0.15, 0.2) is 58.0 Å². The molecule has 2 heterocycles. The normalized spacial score (nSPS) is 14.5. The molecule has 1 aliphatic rings. The summed E-state index contributed by atoms with van der Waals surface area (Å²) in [5.74, 6) is 0.629. The lowest BCUT2D eigenvalue weighted by atomic mass is 10.2. The molecule has 4 rings (SSSR count). The van der Waals surface area contributed by atoms with E-state index >= 15 is 0 Å². The van der Waals surface area contributed by atoms with Gasteiger partial charge in [-0.15, -0.1) is 0 Å². The highest BCUT2D eigenvalue weighted by Crippen LogP contribution is 2.33. The average molecular weight is 434 g/mol. The van der Waals surface area contributed by atoms with Crippen molar-refractivity contribution in [3.8, 4) is 5.75 Å². The molecule has 0 saturated heterocycles. The van der Waals surface area contributed by atoms with Gasteiger partial charge in [0.15, 0.2) is 0 Å². The first-order valence-electron chi connectivity index (χ1n) is 7.43. The second-order valence-corrected chi connectivity index (χ2v) is 8.04. The summed E-state index contributed by atoms with van der Waals surface area (Å²) in [6, 6.07) is 10.7. The first-order valence-corrected chi connectivity index (χ1v) is 9.71. The topological polar surface area (TPSA) is 116 Å². The number of hydrogen-bond donors (Lipinski definition) is 4. The summed E-state index contributed by atoms with van der Waals surface area (Å²) in [5.41, 5.74) is 1.12. The third kappa shape index (κ3) is 3.16. The lowest BCUT2D eigenvalue weighted by molar-refractivity contribution is 0.478. The number of sulfonamides is 1. The number of anilines is 5. The van der Waals surface area contributed by atoms with Crippen LogP contribution in [-0.4, -0.2) is 23.5 Å². The number of nitrogens with zero attached hydrogens (tertiary/aromatic N) is 2. The number of fused-ring (bicyclic) bond motifs is 6. The van der Waals surface area contributed by atoms with E-state index in [4.69, 9.17) is 0 Å². The Balaban J connectivity index is 1.94. The standard InChI is InChI=1S/C16H12BrN5O3S/c17-12-8-18-16-19-9-2-1-3-11(6-9)26(24,25)22-10-4-5-14(23)13(7-10)20-15(12)21-16/h1-8,22-23H,(H2,18,19,20,21). The van der Waals surface area contributed by atoms with Gasteiger partial charge in [0.25, 0.3) is 10.0 Å². The summed E-state index contributed by atoms with van der Waals surface area (Å²) in [4.78, 5) is 8.61. The van der Waals surface area contributed by atoms with Gasteiger partial charge in [0.2, 0.25) is 5.95 Å². The molecule has 0 fully saturated rings. The quantitative estimate of drug-likeness (QED) is 0.316. The molecule has 6 bridgehead atoms. The van der Waals surface area contributed by atoms with Gasteiger partial charge in [0.05, 0.1) is 20.7 Å². The minimum Gasteiger partial charge on any atom is -0.506 e. The van der Waals surface area contributed by atoms with E-state index in [9.17, 15) is 13.5 Å². The van der Waals surface area contributed by atoms with Gasteiger partial charge in [0.1, 0.15) is 11.6 Å². The van der Waals surface area contributed by atoms with E-state index < -0.39 is 10.0 Å². The molecule has 0 atom stereocenters. The SMILES string of the molecule is O=S1(=O)Nc2ccc(O)c(c2)Nc2nc(ncc2Br)Nc2cccc1c2. The Hall–Kier alpha value is -2.85. The molecule has 132 valence electrons. The molecule has 0 unspecified atom stereocenters. The first kappa shape index (κ1) is 16.6. The Kier molecular flexibility index (Phi) is 3.93. The van der Waals surface area contributed by atoms with Gasteiger partial charge in [0, 0.05) is 11.9 Å². The molecule has 3 aromatic rings. The highest BCUT2D eigenvalue weighted by atomic mass is 79.9. The molecular formula is C16H12BrN5O3S. The van der Waals surface area contributed by atoms with Crippen molar-refractivity contribution in [3.05, 3.63) is 53.1 Å². The third-order valence-corrected chi connectivity index (χ3v) is 5.61. The van der Waals surface area contributed by atoms with Gasteiger partial charge in [-0.2, -0.15) is 4.98 Å². The molecule has 0 saturated carbocycles. The van der Waals surface area contributed by atoms with Crippen LogP contribution < -0.4 is 15.4 Å². The van der Waals surface area contributed by atoms with Gasteiger partial charge in [-0.1, -0.05) is 6.07 Å². The number of benzene rings is 2. The van der Waals surface area contributed by atoms with E-state index in [1.165, 1.54) is 30.3 Å². The van der Waals surface area contributed by atoms with Crippen molar-refractivity contribution in [1.29, 1.82) is 0 Å². The molecule has 0 amide bonds. The molecule has 26 heavy (non-hydrogen) atoms. The Labute approximate surface area is 157 Å². The van der Waals surface area contributed by atoms with Crippen molar-refractivity contribution < 1.29 is 13.5 Å². The minimum absolute atomic E-state index is 0.0524. The van der Waals surface area contributed by atoms with Crippen molar-refractivity contribution in [2.75, 3.05) is 15.4 Å². The summed E-state index contributed by atoms with van der Waals surface area (Å²) >= 11 is 3.35. The van der Waals surface area contributed by atoms with Crippen LogP contribution in [0.25, 0.3) is 0 Å². The molecule has 2 aromatic carbocycles. The molecule has 1 aromatic heterocycles. The number of phenols is 1. The van der Waals surface area contributed by atoms with Crippen LogP contribution in [0.1, 0.15) is 0 Å². The predicted octanol–water partition coefficient (Wildman–Crippen LogP) is 3.55. The molecule has 10 heteroatoms. The highest BCUT2D eigenvalue weighted by Gasteiger charge is 2.17. The van der Waals surface area contributed by atoms with E-state index in [1.807, 2.05) is 0 Å². The zero-order chi connectivity index (χ0) is 18.3. The van der Waals surface area contributed by atoms with Crippen LogP contribution in [0.2, 0.25) is 0 Å². The van der Waals surface area contributed by atoms with Crippen molar-refractivity contribution in [2.24, 2.45) is 0 Å². The summed E-state index contributed by atoms with van der Waals surface area (Å²) in [6.45, 7) is 0. The van der Waals surface area contributed by atoms with E-state index in [0.29, 0.717) is 27.4 Å². The monoisotopic (exact) mass is 433 g/mol. The number of nitrogens with one attached hydrogen (secondary N) is 3. The van der Waals surface area contributed by atoms with Crippen LogP contribution in [0.4, 0.5) is 28.8 Å². The molecule has 1 aliphatic heterocycles.